The van der Waals surface area contributed by atoms with Gasteiger partial charge in [-0.05, 0) is 24.3 Å². The van der Waals surface area contributed by atoms with E-state index in [0.717, 1.165) is 9.91 Å². The van der Waals surface area contributed by atoms with Crippen molar-refractivity contribution in [1.29, 1.82) is 0 Å². The Morgan fingerprint density at radius 3 is 2.55 bits per heavy atom. The van der Waals surface area contributed by atoms with Crippen LogP contribution in [0.5, 0.6) is 17.2 Å². The Hall–Kier alpha value is -4.08. The molecule has 1 unspecified atom stereocenters. The van der Waals surface area contributed by atoms with Gasteiger partial charge in [-0.1, -0.05) is 25.1 Å². The summed E-state index contributed by atoms with van der Waals surface area (Å²) in [7, 11) is 0. The summed E-state index contributed by atoms with van der Waals surface area (Å²) in [5, 5.41) is 0.926. The van der Waals surface area contributed by atoms with Crippen molar-refractivity contribution in [1.82, 2.24) is 10.4 Å². The highest BCUT2D eigenvalue weighted by Gasteiger charge is 2.45. The molecule has 2 aromatic rings. The lowest BCUT2D eigenvalue weighted by Crippen LogP contribution is -2.55. The molecule has 33 heavy (non-hydrogen) atoms. The molecule has 10 nitrogen and oxygen atoms in total. The van der Waals surface area contributed by atoms with E-state index in [9.17, 15) is 19.2 Å². The molecule has 10 heteroatoms. The van der Waals surface area contributed by atoms with Gasteiger partial charge in [0.25, 0.3) is 11.8 Å². The van der Waals surface area contributed by atoms with E-state index in [-0.39, 0.29) is 19.4 Å². The maximum atomic E-state index is 13.2. The molecule has 0 saturated carbocycles. The molecule has 2 aromatic carbocycles. The number of amides is 4. The summed E-state index contributed by atoms with van der Waals surface area (Å²) in [4.78, 5) is 51.9. The number of carbonyl (C=O) groups excluding carboxylic acids is 4. The van der Waals surface area contributed by atoms with Crippen molar-refractivity contribution < 1.29 is 33.4 Å². The highest BCUT2D eigenvalue weighted by molar-refractivity contribution is 6.23. The number of benzene rings is 2. The first-order valence-corrected chi connectivity index (χ1v) is 10.5. The number of nitrogens with one attached hydrogen (secondary N) is 1. The second-order valence-electron chi connectivity index (χ2n) is 7.37. The van der Waals surface area contributed by atoms with Crippen LogP contribution in [-0.2, 0) is 19.2 Å². The minimum Gasteiger partial charge on any atom is -0.486 e. The fourth-order valence-electron chi connectivity index (χ4n) is 3.58. The van der Waals surface area contributed by atoms with Gasteiger partial charge in [-0.3, -0.25) is 24.6 Å². The summed E-state index contributed by atoms with van der Waals surface area (Å²) >= 11 is 0. The van der Waals surface area contributed by atoms with Gasteiger partial charge in [-0.25, -0.2) is 9.91 Å². The number of imide groups is 1. The molecular weight excluding hydrogens is 430 g/mol. The molecule has 1 atom stereocenters. The average molecular weight is 453 g/mol. The van der Waals surface area contributed by atoms with Crippen molar-refractivity contribution in [2.24, 2.45) is 0 Å². The zero-order valence-corrected chi connectivity index (χ0v) is 18.0. The Balaban J connectivity index is 1.48. The summed E-state index contributed by atoms with van der Waals surface area (Å²) < 4.78 is 16.4. The third-order valence-corrected chi connectivity index (χ3v) is 5.15. The smallest absolute Gasteiger partial charge is 0.276 e. The predicted octanol–water partition coefficient (Wildman–Crippen LogP) is 1.44. The number of para-hydroxylation sites is 1. The van der Waals surface area contributed by atoms with E-state index in [4.69, 9.17) is 14.2 Å². The molecule has 0 aliphatic carbocycles. The van der Waals surface area contributed by atoms with Gasteiger partial charge < -0.3 is 14.2 Å². The number of rotatable bonds is 6. The van der Waals surface area contributed by atoms with E-state index in [1.54, 1.807) is 49.4 Å². The van der Waals surface area contributed by atoms with Gasteiger partial charge in [0.1, 0.15) is 25.0 Å². The van der Waals surface area contributed by atoms with E-state index >= 15 is 0 Å². The Morgan fingerprint density at radius 2 is 1.82 bits per heavy atom. The summed E-state index contributed by atoms with van der Waals surface area (Å²) in [5.41, 5.74) is 2.73. The van der Waals surface area contributed by atoms with Gasteiger partial charge in [-0.15, -0.1) is 0 Å². The van der Waals surface area contributed by atoms with Gasteiger partial charge in [0.2, 0.25) is 11.8 Å². The molecule has 0 spiro atoms. The first-order chi connectivity index (χ1) is 16.0. The Morgan fingerprint density at radius 1 is 1.09 bits per heavy atom. The van der Waals surface area contributed by atoms with Crippen molar-refractivity contribution in [3.05, 3.63) is 48.5 Å². The van der Waals surface area contributed by atoms with Crippen molar-refractivity contribution in [2.75, 3.05) is 24.7 Å². The van der Waals surface area contributed by atoms with E-state index in [2.05, 4.69) is 5.43 Å². The standard InChI is InChI=1S/C23H23N3O7/c1-2-21(28)26(24-20(27)14-33-16-6-4-3-5-7-16)17-13-22(29)25(23(17)30)15-8-9-18-19(12-15)32-11-10-31-18/h3-9,12,17H,2,10-11,13-14H2,1H3,(H,24,27). The summed E-state index contributed by atoms with van der Waals surface area (Å²) in [6.07, 6.45) is -0.235. The van der Waals surface area contributed by atoms with Crippen molar-refractivity contribution in [3.8, 4) is 17.2 Å². The molecule has 2 aliphatic heterocycles. The van der Waals surface area contributed by atoms with Gasteiger partial charge in [0.05, 0.1) is 12.1 Å². The lowest BCUT2D eigenvalue weighted by molar-refractivity contribution is -0.148. The van der Waals surface area contributed by atoms with E-state index < -0.39 is 29.7 Å². The van der Waals surface area contributed by atoms with E-state index in [1.807, 2.05) is 6.07 Å². The molecule has 0 bridgehead atoms. The molecule has 0 radical (unpaired) electrons. The minimum atomic E-state index is -1.17. The number of ether oxygens (including phenoxy) is 3. The normalized spacial score (nSPS) is 17.0. The third-order valence-electron chi connectivity index (χ3n) is 5.15. The van der Waals surface area contributed by atoms with Gasteiger partial charge in [0, 0.05) is 12.5 Å². The predicted molar refractivity (Wildman–Crippen MR) is 116 cm³/mol. The first kappa shape index (κ1) is 22.1. The summed E-state index contributed by atoms with van der Waals surface area (Å²) in [6, 6.07) is 12.3. The molecule has 172 valence electrons. The van der Waals surface area contributed by atoms with E-state index in [1.165, 1.54) is 0 Å². The fraction of sp³-hybridized carbons (Fsp3) is 0.304. The first-order valence-electron chi connectivity index (χ1n) is 10.5. The van der Waals surface area contributed by atoms with Crippen molar-refractivity contribution in [2.45, 2.75) is 25.8 Å². The van der Waals surface area contributed by atoms with Crippen LogP contribution < -0.4 is 24.5 Å². The Kier molecular flexibility index (Phi) is 6.43. The molecule has 0 aromatic heterocycles. The second-order valence-corrected chi connectivity index (χ2v) is 7.37. The van der Waals surface area contributed by atoms with E-state index in [0.29, 0.717) is 36.1 Å². The number of hydrogen-bond acceptors (Lipinski definition) is 7. The van der Waals surface area contributed by atoms with Crippen LogP contribution in [0.1, 0.15) is 19.8 Å². The van der Waals surface area contributed by atoms with Crippen LogP contribution in [0, 0.1) is 0 Å². The van der Waals surface area contributed by atoms with Crippen molar-refractivity contribution >= 4 is 29.3 Å². The highest BCUT2D eigenvalue weighted by Crippen LogP contribution is 2.36. The monoisotopic (exact) mass is 453 g/mol. The topological polar surface area (TPSA) is 114 Å². The van der Waals surface area contributed by atoms with Crippen LogP contribution in [0.3, 0.4) is 0 Å². The maximum Gasteiger partial charge on any atom is 0.276 e. The average Bonchev–Trinajstić information content (AvgIpc) is 3.14. The lowest BCUT2D eigenvalue weighted by atomic mass is 10.2. The number of nitrogens with zero attached hydrogens (tertiary/aromatic N) is 2. The molecule has 2 aliphatic rings. The molecule has 2 heterocycles. The summed E-state index contributed by atoms with van der Waals surface area (Å²) in [6.45, 7) is 2.01. The summed E-state index contributed by atoms with van der Waals surface area (Å²) in [5.74, 6) is -0.812. The highest BCUT2D eigenvalue weighted by atomic mass is 16.6. The number of anilines is 1. The van der Waals surface area contributed by atoms with Crippen LogP contribution >= 0.6 is 0 Å². The van der Waals surface area contributed by atoms with Crippen LogP contribution in [0.15, 0.2) is 48.5 Å². The zero-order chi connectivity index (χ0) is 23.4. The second kappa shape index (κ2) is 9.60. The number of fused-ring (bicyclic) bond motifs is 1. The van der Waals surface area contributed by atoms with Gasteiger partial charge >= 0.3 is 0 Å². The quantitative estimate of drug-likeness (QED) is 0.520. The van der Waals surface area contributed by atoms with Gasteiger partial charge in [0.15, 0.2) is 18.1 Å². The largest absolute Gasteiger partial charge is 0.486 e. The molecule has 1 N–H and O–H groups in total. The molecule has 1 fully saturated rings. The number of hydrazine groups is 1. The SMILES string of the molecule is CCC(=O)N(NC(=O)COc1ccccc1)C1CC(=O)N(c2ccc3c(c2)OCCO3)C1=O. The van der Waals surface area contributed by atoms with Gasteiger partial charge in [-0.2, -0.15) is 0 Å². The fourth-order valence-corrected chi connectivity index (χ4v) is 3.58. The zero-order valence-electron chi connectivity index (χ0n) is 18.0. The Labute approximate surface area is 190 Å². The Bertz CT molecular complexity index is 1070. The lowest BCUT2D eigenvalue weighted by Gasteiger charge is -2.27. The third kappa shape index (κ3) is 4.74. The van der Waals surface area contributed by atoms with Crippen LogP contribution in [0.2, 0.25) is 0 Å². The van der Waals surface area contributed by atoms with Crippen molar-refractivity contribution in [3.63, 3.8) is 0 Å². The number of hydrogen-bond donors (Lipinski definition) is 1. The van der Waals surface area contributed by atoms with Crippen LogP contribution in [0.4, 0.5) is 5.69 Å². The van der Waals surface area contributed by atoms with Crippen LogP contribution in [-0.4, -0.2) is 54.5 Å². The number of carbonyl (C=O) groups is 4. The molecule has 4 amide bonds. The minimum absolute atomic E-state index is 0.0296. The molecule has 1 saturated heterocycles. The maximum absolute atomic E-state index is 13.2. The molecular formula is C23H23N3O7. The molecule has 4 rings (SSSR count). The van der Waals surface area contributed by atoms with Crippen LogP contribution in [0.25, 0.3) is 0 Å².